The van der Waals surface area contributed by atoms with Gasteiger partial charge in [-0.15, -0.1) is 11.3 Å². The Balaban J connectivity index is 2.33. The van der Waals surface area contributed by atoms with E-state index in [1.165, 1.54) is 11.1 Å². The normalized spacial score (nSPS) is 14.2. The second-order valence-electron chi connectivity index (χ2n) is 4.43. The molecule has 2 N–H and O–H groups in total. The topological polar surface area (TPSA) is 70.6 Å². The molecule has 1 atom stereocenters. The number of nitrogens with one attached hydrogen (secondary N) is 2. The summed E-state index contributed by atoms with van der Waals surface area (Å²) >= 11 is 1.73. The highest BCUT2D eigenvalue weighted by Crippen LogP contribution is 2.19. The van der Waals surface area contributed by atoms with Crippen molar-refractivity contribution >= 4 is 27.1 Å². The van der Waals surface area contributed by atoms with Crippen LogP contribution in [0, 0.1) is 0 Å². The van der Waals surface area contributed by atoms with Crippen molar-refractivity contribution in [2.75, 3.05) is 32.1 Å². The molecule has 1 unspecified atom stereocenters. The average Bonchev–Trinajstić information content (AvgIpc) is 2.85. The van der Waals surface area contributed by atoms with Gasteiger partial charge in [-0.2, -0.15) is 0 Å². The lowest BCUT2D eigenvalue weighted by molar-refractivity contribution is 0.600. The number of guanidine groups is 1. The second kappa shape index (κ2) is 7.49. The van der Waals surface area contributed by atoms with E-state index in [0.29, 0.717) is 18.4 Å². The minimum atomic E-state index is -2.94. The van der Waals surface area contributed by atoms with Gasteiger partial charge in [0.25, 0.3) is 0 Å². The van der Waals surface area contributed by atoms with Gasteiger partial charge in [0.2, 0.25) is 0 Å². The first-order valence-corrected chi connectivity index (χ1v) is 9.02. The van der Waals surface area contributed by atoms with Crippen molar-refractivity contribution in [2.24, 2.45) is 4.99 Å². The SMILES string of the molecule is CN=C(NCCS(C)(=O)=O)NCC(C)c1cccs1. The molecule has 7 heteroatoms. The molecule has 1 aromatic heterocycles. The zero-order valence-electron chi connectivity index (χ0n) is 11.5. The minimum absolute atomic E-state index is 0.105. The fourth-order valence-electron chi connectivity index (χ4n) is 1.50. The first-order chi connectivity index (χ1) is 8.92. The molecule has 0 spiro atoms. The molecule has 0 bridgehead atoms. The summed E-state index contributed by atoms with van der Waals surface area (Å²) in [6, 6.07) is 4.15. The summed E-state index contributed by atoms with van der Waals surface area (Å²) in [4.78, 5) is 5.38. The van der Waals surface area contributed by atoms with Crippen LogP contribution < -0.4 is 10.6 Å². The van der Waals surface area contributed by atoms with Crippen LogP contribution >= 0.6 is 11.3 Å². The summed E-state index contributed by atoms with van der Waals surface area (Å²) < 4.78 is 22.0. The molecule has 1 aromatic rings. The van der Waals surface area contributed by atoms with Crippen LogP contribution in [-0.2, 0) is 9.84 Å². The van der Waals surface area contributed by atoms with Crippen LogP contribution in [0.4, 0.5) is 0 Å². The number of sulfone groups is 1. The van der Waals surface area contributed by atoms with Crippen molar-refractivity contribution in [3.8, 4) is 0 Å². The summed E-state index contributed by atoms with van der Waals surface area (Å²) in [6.45, 7) is 3.27. The smallest absolute Gasteiger partial charge is 0.191 e. The van der Waals surface area contributed by atoms with Crippen LogP contribution in [0.2, 0.25) is 0 Å². The van der Waals surface area contributed by atoms with E-state index in [2.05, 4.69) is 34.0 Å². The monoisotopic (exact) mass is 303 g/mol. The van der Waals surface area contributed by atoms with Crippen LogP contribution in [0.3, 0.4) is 0 Å². The third-order valence-corrected chi connectivity index (χ3v) is 4.64. The number of hydrogen-bond acceptors (Lipinski definition) is 4. The highest BCUT2D eigenvalue weighted by molar-refractivity contribution is 7.90. The van der Waals surface area contributed by atoms with Gasteiger partial charge in [-0.1, -0.05) is 13.0 Å². The molecule has 0 fully saturated rings. The standard InChI is InChI=1S/C12H21N3O2S2/c1-10(11-5-4-7-18-11)9-15-12(13-2)14-6-8-19(3,16)17/h4-5,7,10H,6,8-9H2,1-3H3,(H2,13,14,15). The largest absolute Gasteiger partial charge is 0.356 e. The number of rotatable bonds is 6. The van der Waals surface area contributed by atoms with E-state index in [1.54, 1.807) is 18.4 Å². The Morgan fingerprint density at radius 3 is 2.74 bits per heavy atom. The van der Waals surface area contributed by atoms with Gasteiger partial charge in [0.05, 0.1) is 5.75 Å². The first kappa shape index (κ1) is 16.0. The molecule has 0 saturated heterocycles. The summed E-state index contributed by atoms with van der Waals surface area (Å²) in [7, 11) is -1.27. The van der Waals surface area contributed by atoms with E-state index in [-0.39, 0.29) is 5.75 Å². The van der Waals surface area contributed by atoms with Gasteiger partial charge in [-0.25, -0.2) is 8.42 Å². The third-order valence-electron chi connectivity index (χ3n) is 2.59. The number of thiophene rings is 1. The van der Waals surface area contributed by atoms with E-state index in [1.807, 2.05) is 6.07 Å². The van der Waals surface area contributed by atoms with Gasteiger partial charge in [0, 0.05) is 37.2 Å². The van der Waals surface area contributed by atoms with Gasteiger partial charge < -0.3 is 10.6 Å². The predicted octanol–water partition coefficient (Wildman–Crippen LogP) is 1.06. The Bertz CT molecular complexity index is 495. The summed E-state index contributed by atoms with van der Waals surface area (Å²) in [5.74, 6) is 1.13. The second-order valence-corrected chi connectivity index (χ2v) is 7.67. The first-order valence-electron chi connectivity index (χ1n) is 6.08. The van der Waals surface area contributed by atoms with E-state index >= 15 is 0 Å². The van der Waals surface area contributed by atoms with Crippen LogP contribution in [-0.4, -0.2) is 46.5 Å². The van der Waals surface area contributed by atoms with E-state index in [4.69, 9.17) is 0 Å². The maximum absolute atomic E-state index is 11.0. The Labute approximate surface area is 119 Å². The Morgan fingerprint density at radius 1 is 1.47 bits per heavy atom. The highest BCUT2D eigenvalue weighted by atomic mass is 32.2. The molecule has 19 heavy (non-hydrogen) atoms. The summed E-state index contributed by atoms with van der Waals surface area (Å²) in [5.41, 5.74) is 0. The molecule has 0 aliphatic carbocycles. The number of aliphatic imine (C=N–C) groups is 1. The van der Waals surface area contributed by atoms with E-state index < -0.39 is 9.84 Å². The van der Waals surface area contributed by atoms with Crippen molar-refractivity contribution in [3.05, 3.63) is 22.4 Å². The minimum Gasteiger partial charge on any atom is -0.356 e. The van der Waals surface area contributed by atoms with Gasteiger partial charge in [-0.3, -0.25) is 4.99 Å². The molecule has 0 aromatic carbocycles. The van der Waals surface area contributed by atoms with Crippen LogP contribution in [0.15, 0.2) is 22.5 Å². The van der Waals surface area contributed by atoms with Gasteiger partial charge in [0.1, 0.15) is 9.84 Å². The Kier molecular flexibility index (Phi) is 6.30. The van der Waals surface area contributed by atoms with Gasteiger partial charge in [-0.05, 0) is 11.4 Å². The number of hydrogen-bond donors (Lipinski definition) is 2. The van der Waals surface area contributed by atoms with Gasteiger partial charge >= 0.3 is 0 Å². The molecule has 0 radical (unpaired) electrons. The molecule has 0 aliphatic rings. The Morgan fingerprint density at radius 2 is 2.21 bits per heavy atom. The lowest BCUT2D eigenvalue weighted by Gasteiger charge is -2.14. The molecule has 108 valence electrons. The van der Waals surface area contributed by atoms with Crippen molar-refractivity contribution in [3.63, 3.8) is 0 Å². The quantitative estimate of drug-likeness (QED) is 0.609. The zero-order chi connectivity index (χ0) is 14.3. The van der Waals surface area contributed by atoms with Crippen molar-refractivity contribution < 1.29 is 8.42 Å². The molecule has 0 amide bonds. The van der Waals surface area contributed by atoms with E-state index in [9.17, 15) is 8.42 Å². The molecule has 0 aliphatic heterocycles. The lowest BCUT2D eigenvalue weighted by Crippen LogP contribution is -2.40. The van der Waals surface area contributed by atoms with Crippen molar-refractivity contribution in [1.29, 1.82) is 0 Å². The Hall–Kier alpha value is -1.08. The summed E-state index contributed by atoms with van der Waals surface area (Å²) in [6.07, 6.45) is 1.23. The fourth-order valence-corrected chi connectivity index (χ4v) is 2.76. The lowest BCUT2D eigenvalue weighted by atomic mass is 10.1. The average molecular weight is 303 g/mol. The number of nitrogens with zero attached hydrogens (tertiary/aromatic N) is 1. The molecule has 1 rings (SSSR count). The van der Waals surface area contributed by atoms with Crippen molar-refractivity contribution in [2.45, 2.75) is 12.8 Å². The fraction of sp³-hybridized carbons (Fsp3) is 0.583. The molecule has 5 nitrogen and oxygen atoms in total. The van der Waals surface area contributed by atoms with E-state index in [0.717, 1.165) is 6.54 Å². The van der Waals surface area contributed by atoms with Crippen LogP contribution in [0.25, 0.3) is 0 Å². The van der Waals surface area contributed by atoms with Crippen LogP contribution in [0.1, 0.15) is 17.7 Å². The molecular weight excluding hydrogens is 282 g/mol. The highest BCUT2D eigenvalue weighted by Gasteiger charge is 2.08. The third kappa shape index (κ3) is 6.58. The summed E-state index contributed by atoms with van der Waals surface area (Å²) in [5, 5.41) is 8.24. The molecule has 1 heterocycles. The zero-order valence-corrected chi connectivity index (χ0v) is 13.1. The maximum Gasteiger partial charge on any atom is 0.191 e. The maximum atomic E-state index is 11.0. The predicted molar refractivity (Wildman–Crippen MR) is 81.8 cm³/mol. The van der Waals surface area contributed by atoms with Crippen molar-refractivity contribution in [1.82, 2.24) is 10.6 Å². The molecule has 0 saturated carbocycles. The molecular formula is C12H21N3O2S2. The van der Waals surface area contributed by atoms with Crippen LogP contribution in [0.5, 0.6) is 0 Å². The van der Waals surface area contributed by atoms with Gasteiger partial charge in [0.15, 0.2) is 5.96 Å².